The molecule has 60 heavy (non-hydrogen) atoms. The minimum atomic E-state index is -0.753. The molecule has 2 N–H and O–H groups in total. The topological polar surface area (TPSA) is 161 Å². The Morgan fingerprint density at radius 1 is 0.850 bits per heavy atom. The van der Waals surface area contributed by atoms with Crippen LogP contribution in [0.15, 0.2) is 79.4 Å². The largest absolute Gasteiger partial charge is 0.422 e. The third kappa shape index (κ3) is 11.4. The molecule has 0 aliphatic rings. The zero-order valence-electron chi connectivity index (χ0n) is 32.1. The normalized spacial score (nSPS) is 10.6. The van der Waals surface area contributed by atoms with Crippen molar-refractivity contribution in [3.05, 3.63) is 138 Å². The number of benzene rings is 3. The van der Waals surface area contributed by atoms with E-state index in [4.69, 9.17) is 81.2 Å². The third-order valence-electron chi connectivity index (χ3n) is 8.21. The molecule has 3 heterocycles. The summed E-state index contributed by atoms with van der Waals surface area (Å²) in [7, 11) is 4.71. The molecule has 0 aliphatic carbocycles. The quantitative estimate of drug-likeness (QED) is 0.134. The molecule has 0 radical (unpaired) electrons. The van der Waals surface area contributed by atoms with Crippen LogP contribution >= 0.6 is 97.1 Å². The van der Waals surface area contributed by atoms with E-state index in [2.05, 4.69) is 41.1 Å². The van der Waals surface area contributed by atoms with Gasteiger partial charge in [0, 0.05) is 67.0 Å². The molecule has 316 valence electrons. The van der Waals surface area contributed by atoms with Crippen LogP contribution in [-0.2, 0) is 7.05 Å². The number of aromatic nitrogens is 4. The van der Waals surface area contributed by atoms with Crippen molar-refractivity contribution in [1.29, 1.82) is 0 Å². The van der Waals surface area contributed by atoms with Crippen LogP contribution in [0, 0.1) is 0 Å². The Hall–Kier alpha value is -4.12. The number of carbonyl (C=O) groups excluding carboxylic acids is 3. The number of nitrogens with one attached hydrogen (secondary N) is 2. The average Bonchev–Trinajstić information content (AvgIpc) is 3.57. The van der Waals surface area contributed by atoms with Gasteiger partial charge in [0.05, 0.1) is 47.9 Å². The van der Waals surface area contributed by atoms with E-state index >= 15 is 0 Å². The van der Waals surface area contributed by atoms with Crippen LogP contribution in [0.1, 0.15) is 57.9 Å². The number of carbonyl (C=O) groups is 3. The van der Waals surface area contributed by atoms with Gasteiger partial charge in [-0.3, -0.25) is 19.0 Å². The molecule has 6 rings (SSSR count). The minimum absolute atomic E-state index is 0.0613. The van der Waals surface area contributed by atoms with E-state index in [9.17, 15) is 24.0 Å². The number of Topliss-reactive ketones (excluding diaryl/α,β-unsaturated/α-hetero) is 1. The average molecular weight is 1020 g/mol. The van der Waals surface area contributed by atoms with Crippen molar-refractivity contribution in [3.8, 4) is 5.82 Å². The summed E-state index contributed by atoms with van der Waals surface area (Å²) in [5.41, 5.74) is 1.35. The van der Waals surface area contributed by atoms with E-state index in [1.807, 2.05) is 6.92 Å². The molecule has 21 heteroatoms. The standard InChI is InChI=1S/C19H15BrCl3N5O2.C11H13Cl2NO.C9H5Cl2NO3/c1-3-24-18(29)11-7-10(21)8-13(23)16(11)27(2)19(30)14-9-15(20)26-28(14)17-12(22)5-4-6-25-17;1-3-4-10(15)8-5-7(12)6-9(13)11(8)14-2;1-12-7-5(8(13)15-9(12)14)2-4(10)3-6(7)11/h4-9H,3H2,1-2H3,(H,24,29);5-6,14H,3-4H2,1-2H3;2-3H,1H3. The molecule has 2 amide bonds. The summed E-state index contributed by atoms with van der Waals surface area (Å²) in [6, 6.07) is 13.9. The summed E-state index contributed by atoms with van der Waals surface area (Å²) in [5, 5.41) is 12.3. The number of pyridine rings is 1. The highest BCUT2D eigenvalue weighted by Gasteiger charge is 2.27. The predicted octanol–water partition coefficient (Wildman–Crippen LogP) is 10.8. The highest BCUT2D eigenvalue weighted by atomic mass is 79.9. The molecule has 3 aromatic carbocycles. The van der Waals surface area contributed by atoms with Gasteiger partial charge >= 0.3 is 11.4 Å². The highest BCUT2D eigenvalue weighted by Crippen LogP contribution is 2.35. The van der Waals surface area contributed by atoms with Crippen LogP contribution in [0.25, 0.3) is 16.7 Å². The van der Waals surface area contributed by atoms with Gasteiger partial charge in [0.1, 0.15) is 10.3 Å². The van der Waals surface area contributed by atoms with E-state index in [1.54, 1.807) is 38.2 Å². The number of hydrogen-bond acceptors (Lipinski definition) is 9. The second kappa shape index (κ2) is 21.6. The predicted molar refractivity (Wildman–Crippen MR) is 244 cm³/mol. The van der Waals surface area contributed by atoms with Crippen LogP contribution < -0.4 is 26.9 Å². The number of nitrogens with zero attached hydrogens (tertiary/aromatic N) is 5. The molecule has 6 aromatic rings. The molecule has 0 bridgehead atoms. The second-order valence-electron chi connectivity index (χ2n) is 12.3. The molecule has 0 fully saturated rings. The van der Waals surface area contributed by atoms with Crippen molar-refractivity contribution < 1.29 is 18.8 Å². The van der Waals surface area contributed by atoms with Gasteiger partial charge in [-0.25, -0.2) is 19.3 Å². The maximum Gasteiger partial charge on any atom is 0.422 e. The summed E-state index contributed by atoms with van der Waals surface area (Å²) in [4.78, 5) is 65.7. The van der Waals surface area contributed by atoms with Crippen LogP contribution in [0.4, 0.5) is 11.4 Å². The number of halogens is 8. The van der Waals surface area contributed by atoms with Crippen molar-refractivity contribution in [3.63, 3.8) is 0 Å². The Bertz CT molecular complexity index is 2720. The van der Waals surface area contributed by atoms with Crippen molar-refractivity contribution in [2.75, 3.05) is 30.9 Å². The zero-order chi connectivity index (χ0) is 44.6. The van der Waals surface area contributed by atoms with Gasteiger partial charge in [0.2, 0.25) is 0 Å². The van der Waals surface area contributed by atoms with Gasteiger partial charge in [-0.15, -0.1) is 0 Å². The molecule has 0 saturated carbocycles. The lowest BCUT2D eigenvalue weighted by Gasteiger charge is -2.22. The number of rotatable bonds is 9. The summed E-state index contributed by atoms with van der Waals surface area (Å²) in [6.45, 7) is 4.15. The smallest absolute Gasteiger partial charge is 0.386 e. The molecule has 0 aliphatic heterocycles. The Labute approximate surface area is 386 Å². The summed E-state index contributed by atoms with van der Waals surface area (Å²) < 4.78 is 7.36. The van der Waals surface area contributed by atoms with Crippen molar-refractivity contribution in [2.24, 2.45) is 7.05 Å². The fourth-order valence-electron chi connectivity index (χ4n) is 5.57. The first kappa shape index (κ1) is 48.5. The second-order valence-corrected chi connectivity index (χ2v) is 16.1. The number of aryl methyl sites for hydroxylation is 1. The van der Waals surface area contributed by atoms with Crippen molar-refractivity contribution in [1.82, 2.24) is 24.6 Å². The first-order valence-electron chi connectivity index (χ1n) is 17.5. The number of anilines is 2. The summed E-state index contributed by atoms with van der Waals surface area (Å²) in [6.07, 6.45) is 2.86. The lowest BCUT2D eigenvalue weighted by molar-refractivity contribution is 0.0953. The van der Waals surface area contributed by atoms with E-state index in [0.29, 0.717) is 54.4 Å². The van der Waals surface area contributed by atoms with E-state index in [0.717, 1.165) is 11.0 Å². The van der Waals surface area contributed by atoms with Crippen molar-refractivity contribution >= 4 is 137 Å². The van der Waals surface area contributed by atoms with Gasteiger partial charge in [-0.1, -0.05) is 88.1 Å². The van der Waals surface area contributed by atoms with Gasteiger partial charge in [0.25, 0.3) is 11.8 Å². The maximum atomic E-state index is 13.4. The van der Waals surface area contributed by atoms with E-state index in [-0.39, 0.29) is 49.0 Å². The summed E-state index contributed by atoms with van der Waals surface area (Å²) >= 11 is 45.4. The fraction of sp³-hybridized carbons (Fsp3) is 0.205. The Morgan fingerprint density at radius 3 is 2.08 bits per heavy atom. The Morgan fingerprint density at radius 2 is 1.47 bits per heavy atom. The Balaban J connectivity index is 0.000000221. The minimum Gasteiger partial charge on any atom is -0.386 e. The van der Waals surface area contributed by atoms with Crippen LogP contribution in [0.2, 0.25) is 35.2 Å². The number of ketones is 1. The first-order chi connectivity index (χ1) is 28.3. The lowest BCUT2D eigenvalue weighted by Crippen LogP contribution is -2.32. The monoisotopic (exact) mass is 1020 g/mol. The molecular weight excluding hydrogens is 991 g/mol. The number of amides is 2. The molecule has 0 unspecified atom stereocenters. The van der Waals surface area contributed by atoms with Crippen LogP contribution in [0.3, 0.4) is 0 Å². The Kier molecular flexibility index (Phi) is 17.5. The highest BCUT2D eigenvalue weighted by molar-refractivity contribution is 9.10. The molecule has 13 nitrogen and oxygen atoms in total. The van der Waals surface area contributed by atoms with Gasteiger partial charge < -0.3 is 20.0 Å². The zero-order valence-corrected chi connectivity index (χ0v) is 39.0. The lowest BCUT2D eigenvalue weighted by atomic mass is 10.0. The number of hydrogen-bond donors (Lipinski definition) is 2. The molecule has 0 spiro atoms. The van der Waals surface area contributed by atoms with Crippen LogP contribution in [0.5, 0.6) is 0 Å². The third-order valence-corrected chi connectivity index (χ3v) is 10.4. The molecule has 3 aromatic heterocycles. The van der Waals surface area contributed by atoms with Crippen molar-refractivity contribution in [2.45, 2.75) is 26.7 Å². The molecule has 0 saturated heterocycles. The maximum absolute atomic E-state index is 13.4. The number of fused-ring (bicyclic) bond motifs is 1. The summed E-state index contributed by atoms with van der Waals surface area (Å²) in [5.74, 6) is -1.29. The van der Waals surface area contributed by atoms with Gasteiger partial charge in [0.15, 0.2) is 11.6 Å². The fourth-order valence-corrected chi connectivity index (χ4v) is 7.98. The first-order valence-corrected chi connectivity index (χ1v) is 20.9. The molecule has 0 atom stereocenters. The van der Waals surface area contributed by atoms with Crippen LogP contribution in [-0.4, -0.2) is 57.6 Å². The molecular formula is C39H33BrCl7N7O6. The van der Waals surface area contributed by atoms with E-state index in [1.165, 1.54) is 60.2 Å². The van der Waals surface area contributed by atoms with E-state index < -0.39 is 23.2 Å². The SMILES string of the molecule is CCCC(=O)c1cc(Cl)cc(Cl)c1NC.CCNC(=O)c1cc(Cl)cc(Cl)c1N(C)C(=O)c1cc(Br)nn1-c1ncccc1Cl.Cn1c(=O)oc(=O)c2cc(Cl)cc(Cl)c21. The van der Waals surface area contributed by atoms with Gasteiger partial charge in [-0.05, 0) is 77.8 Å². The van der Waals surface area contributed by atoms with Gasteiger partial charge in [-0.2, -0.15) is 5.10 Å².